The summed E-state index contributed by atoms with van der Waals surface area (Å²) in [7, 11) is 0. The van der Waals surface area contributed by atoms with Gasteiger partial charge in [0.05, 0.1) is 17.9 Å². The molecular formula is C31H29FN2O5. The Morgan fingerprint density at radius 1 is 1.05 bits per heavy atom. The fourth-order valence-electron chi connectivity index (χ4n) is 4.04. The maximum Gasteiger partial charge on any atom is 0.326 e. The zero-order chi connectivity index (χ0) is 27.8. The summed E-state index contributed by atoms with van der Waals surface area (Å²) in [5.41, 5.74) is 2.78. The van der Waals surface area contributed by atoms with Crippen molar-refractivity contribution in [1.29, 1.82) is 0 Å². The largest absolute Gasteiger partial charge is 0.493 e. The molecule has 0 bridgehead atoms. The van der Waals surface area contributed by atoms with E-state index >= 15 is 0 Å². The molecule has 1 aromatic heterocycles. The lowest BCUT2D eigenvalue weighted by atomic mass is 10.0. The highest BCUT2D eigenvalue weighted by molar-refractivity contribution is 6.05. The van der Waals surface area contributed by atoms with Crippen LogP contribution in [0.4, 0.5) is 4.39 Å². The molecule has 0 radical (unpaired) electrons. The molecule has 0 aliphatic heterocycles. The van der Waals surface area contributed by atoms with Gasteiger partial charge in [0.1, 0.15) is 23.4 Å². The summed E-state index contributed by atoms with van der Waals surface area (Å²) in [5, 5.41) is 12.5. The number of ether oxygens (including phenoxy) is 1. The number of rotatable bonds is 12. The van der Waals surface area contributed by atoms with Crippen LogP contribution < -0.4 is 10.1 Å². The first kappa shape index (κ1) is 27.3. The molecule has 0 unspecified atom stereocenters. The monoisotopic (exact) mass is 528 g/mol. The second-order valence-electron chi connectivity index (χ2n) is 9.04. The predicted molar refractivity (Wildman–Crippen MR) is 145 cm³/mol. The van der Waals surface area contributed by atoms with Crippen LogP contribution in [-0.4, -0.2) is 34.5 Å². The Balaban J connectivity index is 1.31. The quantitative estimate of drug-likeness (QED) is 0.177. The van der Waals surface area contributed by atoms with Crippen molar-refractivity contribution < 1.29 is 28.2 Å². The van der Waals surface area contributed by atoms with Crippen molar-refractivity contribution in [3.05, 3.63) is 119 Å². The number of allylic oxidation sites excluding steroid dienone is 2. The van der Waals surface area contributed by atoms with E-state index in [1.165, 1.54) is 24.3 Å². The molecule has 39 heavy (non-hydrogen) atoms. The van der Waals surface area contributed by atoms with Gasteiger partial charge in [-0.15, -0.1) is 0 Å². The lowest BCUT2D eigenvalue weighted by Crippen LogP contribution is -2.37. The van der Waals surface area contributed by atoms with E-state index in [0.29, 0.717) is 30.4 Å². The van der Waals surface area contributed by atoms with Crippen LogP contribution in [0.5, 0.6) is 5.75 Å². The molecule has 0 fully saturated rings. The number of oxazole rings is 1. The third-order valence-corrected chi connectivity index (χ3v) is 6.07. The van der Waals surface area contributed by atoms with Gasteiger partial charge < -0.3 is 19.6 Å². The lowest BCUT2D eigenvalue weighted by Gasteiger charge is -2.16. The van der Waals surface area contributed by atoms with Crippen LogP contribution in [0.15, 0.2) is 95.1 Å². The number of ketones is 1. The maximum atomic E-state index is 13.9. The SMILES string of the molecule is CC(=CC(=O)c1ccccc1F)N[C@@H](Cc1ccc(OCCc2nc(-c3ccccc3)oc2C)cc1)C(=O)O. The number of aliphatic carboxylic acids is 1. The van der Waals surface area contributed by atoms with Gasteiger partial charge in [-0.3, -0.25) is 4.79 Å². The summed E-state index contributed by atoms with van der Waals surface area (Å²) in [6.07, 6.45) is 1.95. The van der Waals surface area contributed by atoms with E-state index in [1.807, 2.05) is 37.3 Å². The number of carbonyl (C=O) groups excluding carboxylic acids is 1. The van der Waals surface area contributed by atoms with Gasteiger partial charge in [-0.05, 0) is 55.8 Å². The van der Waals surface area contributed by atoms with Crippen LogP contribution in [0.3, 0.4) is 0 Å². The molecule has 4 rings (SSSR count). The van der Waals surface area contributed by atoms with Crippen molar-refractivity contribution in [2.45, 2.75) is 32.7 Å². The molecule has 0 saturated carbocycles. The minimum Gasteiger partial charge on any atom is -0.493 e. The van der Waals surface area contributed by atoms with Crippen molar-refractivity contribution in [2.75, 3.05) is 6.61 Å². The summed E-state index contributed by atoms with van der Waals surface area (Å²) in [6.45, 7) is 3.86. The smallest absolute Gasteiger partial charge is 0.326 e. The van der Waals surface area contributed by atoms with Crippen molar-refractivity contribution in [3.63, 3.8) is 0 Å². The molecule has 0 spiro atoms. The summed E-state index contributed by atoms with van der Waals surface area (Å²) < 4.78 is 25.5. The minimum atomic E-state index is -1.07. The Kier molecular flexibility index (Phi) is 8.89. The van der Waals surface area contributed by atoms with Gasteiger partial charge in [0, 0.05) is 30.2 Å². The van der Waals surface area contributed by atoms with Gasteiger partial charge in [-0.2, -0.15) is 0 Å². The van der Waals surface area contributed by atoms with Gasteiger partial charge in [-0.25, -0.2) is 14.2 Å². The van der Waals surface area contributed by atoms with Crippen molar-refractivity contribution in [3.8, 4) is 17.2 Å². The van der Waals surface area contributed by atoms with E-state index in [0.717, 1.165) is 22.6 Å². The van der Waals surface area contributed by atoms with Crippen molar-refractivity contribution >= 4 is 11.8 Å². The highest BCUT2D eigenvalue weighted by atomic mass is 19.1. The Hall–Kier alpha value is -4.72. The number of aryl methyl sites for hydroxylation is 1. The van der Waals surface area contributed by atoms with E-state index in [-0.39, 0.29) is 12.0 Å². The van der Waals surface area contributed by atoms with E-state index in [2.05, 4.69) is 10.3 Å². The second kappa shape index (κ2) is 12.7. The molecule has 0 aliphatic carbocycles. The third-order valence-electron chi connectivity index (χ3n) is 6.07. The number of carbonyl (C=O) groups is 2. The van der Waals surface area contributed by atoms with Crippen LogP contribution in [0, 0.1) is 12.7 Å². The highest BCUT2D eigenvalue weighted by Gasteiger charge is 2.19. The van der Waals surface area contributed by atoms with Gasteiger partial charge >= 0.3 is 5.97 Å². The van der Waals surface area contributed by atoms with E-state index in [1.54, 1.807) is 37.3 Å². The van der Waals surface area contributed by atoms with Crippen LogP contribution in [0.1, 0.15) is 34.3 Å². The van der Waals surface area contributed by atoms with Crippen LogP contribution in [-0.2, 0) is 17.6 Å². The molecule has 1 atom stereocenters. The van der Waals surface area contributed by atoms with Crippen LogP contribution in [0.25, 0.3) is 11.5 Å². The van der Waals surface area contributed by atoms with Gasteiger partial charge in [0.25, 0.3) is 0 Å². The first-order chi connectivity index (χ1) is 18.8. The van der Waals surface area contributed by atoms with Crippen LogP contribution >= 0.6 is 0 Å². The van der Waals surface area contributed by atoms with Crippen molar-refractivity contribution in [2.24, 2.45) is 0 Å². The number of nitrogens with one attached hydrogen (secondary N) is 1. The van der Waals surface area contributed by atoms with E-state index in [9.17, 15) is 19.1 Å². The molecule has 0 aliphatic rings. The molecule has 3 aromatic carbocycles. The van der Waals surface area contributed by atoms with Gasteiger partial charge in [0.2, 0.25) is 5.89 Å². The molecule has 8 heteroatoms. The number of aromatic nitrogens is 1. The molecule has 0 saturated heterocycles. The highest BCUT2D eigenvalue weighted by Crippen LogP contribution is 2.22. The lowest BCUT2D eigenvalue weighted by molar-refractivity contribution is -0.139. The van der Waals surface area contributed by atoms with Crippen molar-refractivity contribution in [1.82, 2.24) is 10.3 Å². The fraction of sp³-hybridized carbons (Fsp3) is 0.194. The van der Waals surface area contributed by atoms with E-state index < -0.39 is 23.6 Å². The summed E-state index contributed by atoms with van der Waals surface area (Å²) >= 11 is 0. The Morgan fingerprint density at radius 3 is 2.44 bits per heavy atom. The molecule has 2 N–H and O–H groups in total. The van der Waals surface area contributed by atoms with Gasteiger partial charge in [0.15, 0.2) is 5.78 Å². The minimum absolute atomic E-state index is 0.0727. The number of carboxylic acid groups (broad SMARTS) is 1. The number of benzene rings is 3. The van der Waals surface area contributed by atoms with Gasteiger partial charge in [-0.1, -0.05) is 42.5 Å². The Morgan fingerprint density at radius 2 is 1.74 bits per heavy atom. The molecule has 200 valence electrons. The topological polar surface area (TPSA) is 102 Å². The number of hydrogen-bond donors (Lipinski definition) is 2. The zero-order valence-electron chi connectivity index (χ0n) is 21.7. The normalized spacial score (nSPS) is 12.1. The fourth-order valence-corrected chi connectivity index (χ4v) is 4.04. The second-order valence-corrected chi connectivity index (χ2v) is 9.04. The molecule has 1 heterocycles. The molecule has 7 nitrogen and oxygen atoms in total. The number of nitrogens with zero attached hydrogens (tertiary/aromatic N) is 1. The average Bonchev–Trinajstić information content (AvgIpc) is 3.30. The number of carboxylic acids is 1. The number of hydrogen-bond acceptors (Lipinski definition) is 6. The standard InChI is InChI=1S/C31H29FN2O5/c1-20(18-29(35)25-10-6-7-11-26(25)32)33-28(31(36)37)19-22-12-14-24(15-13-22)38-17-16-27-21(2)39-30(34-27)23-8-4-3-5-9-23/h3-15,18,28,33H,16-17,19H2,1-2H3,(H,36,37)/t28-/m0/s1. The summed E-state index contributed by atoms with van der Waals surface area (Å²) in [4.78, 5) is 28.8. The maximum absolute atomic E-state index is 13.9. The first-order valence-electron chi connectivity index (χ1n) is 12.5. The Labute approximate surface area is 226 Å². The number of halogens is 1. The third kappa shape index (κ3) is 7.41. The molecule has 0 amide bonds. The molecule has 4 aromatic rings. The first-order valence-corrected chi connectivity index (χ1v) is 12.5. The van der Waals surface area contributed by atoms with Crippen LogP contribution in [0.2, 0.25) is 0 Å². The van der Waals surface area contributed by atoms with E-state index in [4.69, 9.17) is 9.15 Å². The predicted octanol–water partition coefficient (Wildman–Crippen LogP) is 5.78. The zero-order valence-corrected chi connectivity index (χ0v) is 21.7. The average molecular weight is 529 g/mol. The Bertz CT molecular complexity index is 1460. The molecular weight excluding hydrogens is 499 g/mol. The summed E-state index contributed by atoms with van der Waals surface area (Å²) in [6, 6.07) is 21.5. The summed E-state index contributed by atoms with van der Waals surface area (Å²) in [5.74, 6) is -0.262.